The molecule has 0 aliphatic heterocycles. The first-order chi connectivity index (χ1) is 7.20. The summed E-state index contributed by atoms with van der Waals surface area (Å²) in [6, 6.07) is 8.08. The van der Waals surface area contributed by atoms with Crippen molar-refractivity contribution in [2.45, 2.75) is 26.3 Å². The van der Waals surface area contributed by atoms with Crippen molar-refractivity contribution in [1.29, 1.82) is 0 Å². The third-order valence-corrected chi connectivity index (χ3v) is 2.28. The van der Waals surface area contributed by atoms with Crippen LogP contribution in [-0.2, 0) is 0 Å². The van der Waals surface area contributed by atoms with Crippen LogP contribution >= 0.6 is 11.6 Å². The summed E-state index contributed by atoms with van der Waals surface area (Å²) in [4.78, 5) is 0. The molecule has 1 N–H and O–H groups in total. The predicted molar refractivity (Wildman–Crippen MR) is 64.7 cm³/mol. The fraction of sp³-hybridized carbons (Fsp3) is 0.500. The van der Waals surface area contributed by atoms with E-state index < -0.39 is 0 Å². The molecular formula is C12H18ClNO. The quantitative estimate of drug-likeness (QED) is 0.755. The number of rotatable bonds is 6. The number of halogens is 1. The fourth-order valence-electron chi connectivity index (χ4n) is 1.21. The monoisotopic (exact) mass is 227 g/mol. The lowest BCUT2D eigenvalue weighted by molar-refractivity contribution is 0.306. The van der Waals surface area contributed by atoms with Gasteiger partial charge in [0.25, 0.3) is 0 Å². The summed E-state index contributed by atoms with van der Waals surface area (Å²) >= 11 is 5.95. The Morgan fingerprint density at radius 3 is 2.73 bits per heavy atom. The topological polar surface area (TPSA) is 21.3 Å². The lowest BCUT2D eigenvalue weighted by Crippen LogP contribution is -2.24. The van der Waals surface area contributed by atoms with Crippen molar-refractivity contribution in [1.82, 2.24) is 5.32 Å². The predicted octanol–water partition coefficient (Wildman–Crippen LogP) is 3.11. The number of para-hydroxylation sites is 1. The van der Waals surface area contributed by atoms with Gasteiger partial charge in [-0.3, -0.25) is 0 Å². The zero-order valence-corrected chi connectivity index (χ0v) is 10.1. The molecule has 0 aliphatic rings. The number of ether oxygens (including phenoxy) is 1. The smallest absolute Gasteiger partial charge is 0.137 e. The van der Waals surface area contributed by atoms with Crippen molar-refractivity contribution < 1.29 is 4.74 Å². The van der Waals surface area contributed by atoms with E-state index in [1.165, 1.54) is 0 Å². The van der Waals surface area contributed by atoms with Crippen molar-refractivity contribution >= 4 is 11.6 Å². The van der Waals surface area contributed by atoms with Gasteiger partial charge in [0.2, 0.25) is 0 Å². The van der Waals surface area contributed by atoms with E-state index in [4.69, 9.17) is 16.3 Å². The average Bonchev–Trinajstić information content (AvgIpc) is 2.20. The maximum absolute atomic E-state index is 5.95. The van der Waals surface area contributed by atoms with Crippen LogP contribution in [0.4, 0.5) is 0 Å². The molecule has 1 aromatic carbocycles. The molecule has 0 heterocycles. The van der Waals surface area contributed by atoms with Crippen LogP contribution in [0.2, 0.25) is 5.02 Å². The number of benzene rings is 1. The van der Waals surface area contributed by atoms with Crippen LogP contribution in [0.3, 0.4) is 0 Å². The molecule has 0 spiro atoms. The van der Waals surface area contributed by atoms with Crippen molar-refractivity contribution in [3.8, 4) is 5.75 Å². The van der Waals surface area contributed by atoms with Crippen molar-refractivity contribution in [2.24, 2.45) is 0 Å². The Bertz CT molecular complexity index is 289. The Hall–Kier alpha value is -0.730. The minimum absolute atomic E-state index is 0.533. The normalized spacial score (nSPS) is 10.7. The molecule has 0 bridgehead atoms. The van der Waals surface area contributed by atoms with Crippen molar-refractivity contribution in [3.63, 3.8) is 0 Å². The van der Waals surface area contributed by atoms with Gasteiger partial charge in [-0.25, -0.2) is 0 Å². The lowest BCUT2D eigenvalue weighted by Gasteiger charge is -2.09. The molecule has 1 aromatic rings. The Morgan fingerprint density at radius 1 is 1.33 bits per heavy atom. The van der Waals surface area contributed by atoms with Gasteiger partial charge in [-0.05, 0) is 25.1 Å². The van der Waals surface area contributed by atoms with E-state index in [0.717, 1.165) is 18.7 Å². The average molecular weight is 228 g/mol. The van der Waals surface area contributed by atoms with Crippen LogP contribution in [0, 0.1) is 0 Å². The van der Waals surface area contributed by atoms with E-state index in [1.54, 1.807) is 0 Å². The summed E-state index contributed by atoms with van der Waals surface area (Å²) in [7, 11) is 0. The highest BCUT2D eigenvalue weighted by Crippen LogP contribution is 2.22. The minimum Gasteiger partial charge on any atom is -0.492 e. The molecule has 0 aliphatic carbocycles. The molecule has 1 rings (SSSR count). The minimum atomic E-state index is 0.533. The highest BCUT2D eigenvalue weighted by atomic mass is 35.5. The first-order valence-corrected chi connectivity index (χ1v) is 5.68. The van der Waals surface area contributed by atoms with E-state index in [1.807, 2.05) is 24.3 Å². The van der Waals surface area contributed by atoms with Crippen LogP contribution in [0.1, 0.15) is 20.3 Å². The number of hydrogen-bond acceptors (Lipinski definition) is 2. The number of hydrogen-bond donors (Lipinski definition) is 1. The van der Waals surface area contributed by atoms with E-state index in [9.17, 15) is 0 Å². The second-order valence-corrected chi connectivity index (χ2v) is 4.15. The largest absolute Gasteiger partial charge is 0.492 e. The summed E-state index contributed by atoms with van der Waals surface area (Å²) in [5.41, 5.74) is 0. The molecule has 0 saturated carbocycles. The van der Waals surface area contributed by atoms with E-state index in [2.05, 4.69) is 19.2 Å². The molecular weight excluding hydrogens is 210 g/mol. The molecule has 0 fully saturated rings. The molecule has 0 amide bonds. The Balaban J connectivity index is 2.18. The van der Waals surface area contributed by atoms with Crippen molar-refractivity contribution in [2.75, 3.05) is 13.2 Å². The second-order valence-electron chi connectivity index (χ2n) is 3.74. The van der Waals surface area contributed by atoms with Gasteiger partial charge in [0, 0.05) is 6.04 Å². The molecule has 0 saturated heterocycles. The molecule has 84 valence electrons. The van der Waals surface area contributed by atoms with E-state index in [0.29, 0.717) is 17.7 Å². The summed E-state index contributed by atoms with van der Waals surface area (Å²) in [5.74, 6) is 0.767. The lowest BCUT2D eigenvalue weighted by atomic mass is 10.3. The Morgan fingerprint density at radius 2 is 2.07 bits per heavy atom. The summed E-state index contributed by atoms with van der Waals surface area (Å²) < 4.78 is 5.55. The standard InChI is InChI=1S/C12H18ClNO/c1-10(2)14-8-5-9-15-12-7-4-3-6-11(12)13/h3-4,6-7,10,14H,5,8-9H2,1-2H3. The van der Waals surface area contributed by atoms with Gasteiger partial charge in [-0.1, -0.05) is 37.6 Å². The molecule has 0 aromatic heterocycles. The van der Waals surface area contributed by atoms with Crippen LogP contribution in [0.25, 0.3) is 0 Å². The van der Waals surface area contributed by atoms with Gasteiger partial charge in [0.05, 0.1) is 11.6 Å². The molecule has 0 unspecified atom stereocenters. The summed E-state index contributed by atoms with van der Waals surface area (Å²) in [6.07, 6.45) is 0.989. The fourth-order valence-corrected chi connectivity index (χ4v) is 1.40. The maximum atomic E-state index is 5.95. The van der Waals surface area contributed by atoms with Gasteiger partial charge in [-0.2, -0.15) is 0 Å². The summed E-state index contributed by atoms with van der Waals surface area (Å²) in [6.45, 7) is 5.94. The van der Waals surface area contributed by atoms with Gasteiger partial charge >= 0.3 is 0 Å². The third-order valence-electron chi connectivity index (χ3n) is 1.97. The molecule has 3 heteroatoms. The van der Waals surface area contributed by atoms with Gasteiger partial charge in [0.15, 0.2) is 0 Å². The SMILES string of the molecule is CC(C)NCCCOc1ccccc1Cl. The van der Waals surface area contributed by atoms with Gasteiger partial charge in [0.1, 0.15) is 5.75 Å². The maximum Gasteiger partial charge on any atom is 0.137 e. The molecule has 15 heavy (non-hydrogen) atoms. The highest BCUT2D eigenvalue weighted by Gasteiger charge is 1.98. The van der Waals surface area contributed by atoms with Crippen LogP contribution in [-0.4, -0.2) is 19.2 Å². The third kappa shape index (κ3) is 5.05. The van der Waals surface area contributed by atoms with Crippen molar-refractivity contribution in [3.05, 3.63) is 29.3 Å². The zero-order valence-electron chi connectivity index (χ0n) is 9.29. The van der Waals surface area contributed by atoms with Crippen LogP contribution < -0.4 is 10.1 Å². The van der Waals surface area contributed by atoms with Crippen LogP contribution in [0.15, 0.2) is 24.3 Å². The first kappa shape index (κ1) is 12.3. The first-order valence-electron chi connectivity index (χ1n) is 5.31. The zero-order chi connectivity index (χ0) is 11.1. The van der Waals surface area contributed by atoms with E-state index in [-0.39, 0.29) is 0 Å². The molecule has 2 nitrogen and oxygen atoms in total. The number of nitrogens with one attached hydrogen (secondary N) is 1. The summed E-state index contributed by atoms with van der Waals surface area (Å²) in [5, 5.41) is 4.01. The van der Waals surface area contributed by atoms with Gasteiger partial charge < -0.3 is 10.1 Å². The van der Waals surface area contributed by atoms with E-state index >= 15 is 0 Å². The Labute approximate surface area is 96.6 Å². The molecule has 0 atom stereocenters. The van der Waals surface area contributed by atoms with Crippen LogP contribution in [0.5, 0.6) is 5.75 Å². The molecule has 0 radical (unpaired) electrons. The Kier molecular flexibility index (Phi) is 5.51. The highest BCUT2D eigenvalue weighted by molar-refractivity contribution is 6.32. The second kappa shape index (κ2) is 6.70. The van der Waals surface area contributed by atoms with Gasteiger partial charge in [-0.15, -0.1) is 0 Å².